The van der Waals surface area contributed by atoms with Crippen LogP contribution in [0.25, 0.3) is 0 Å². The Balaban J connectivity index is 1.66. The number of carbonyl (C=O) groups excluding carboxylic acids is 1. The predicted molar refractivity (Wildman–Crippen MR) is 126 cm³/mol. The van der Waals surface area contributed by atoms with Crippen molar-refractivity contribution in [2.24, 2.45) is 0 Å². The molecule has 2 atom stereocenters. The molecule has 1 unspecified atom stereocenters. The minimum Gasteiger partial charge on any atom is -0.378 e. The molecular weight excluding hydrogens is 493 g/mol. The van der Waals surface area contributed by atoms with Gasteiger partial charge in [0.15, 0.2) is 6.10 Å². The Labute approximate surface area is 204 Å². The number of halogens is 5. The van der Waals surface area contributed by atoms with E-state index in [0.29, 0.717) is 21.6 Å². The smallest absolute Gasteiger partial charge is 0.256 e. The van der Waals surface area contributed by atoms with Crippen molar-refractivity contribution in [3.63, 3.8) is 0 Å². The molecule has 1 fully saturated rings. The second kappa shape index (κ2) is 9.85. The van der Waals surface area contributed by atoms with Crippen molar-refractivity contribution in [1.29, 1.82) is 0 Å². The average Bonchev–Trinajstić information content (AvgIpc) is 2.79. The maximum atomic E-state index is 14.2. The monoisotopic (exact) mass is 510 g/mol. The number of piperazine rings is 1. The van der Waals surface area contributed by atoms with Crippen LogP contribution < -0.4 is 4.90 Å². The number of amides is 1. The standard InChI is InChI=1S/C24H19Cl3F2N2O2/c25-15-6-4-14(5-7-15)21-13-30(10-11-31(21)20-9-8-16(26)12-17(20)27)24(33)23(32)22-18(28)2-1-3-19(22)29/h1-9,12,21,23,32H,10-11,13H2/t21-,23?/m0/s1. The zero-order valence-corrected chi connectivity index (χ0v) is 19.5. The Bertz CT molecular complexity index is 1160. The summed E-state index contributed by atoms with van der Waals surface area (Å²) < 4.78 is 28.3. The molecule has 0 spiro atoms. The Kier molecular flexibility index (Phi) is 7.10. The highest BCUT2D eigenvalue weighted by Gasteiger charge is 2.36. The summed E-state index contributed by atoms with van der Waals surface area (Å²) in [6, 6.07) is 15.2. The number of carbonyl (C=O) groups is 1. The van der Waals surface area contributed by atoms with E-state index in [0.717, 1.165) is 23.4 Å². The fraction of sp³-hybridized carbons (Fsp3) is 0.208. The molecule has 3 aromatic rings. The van der Waals surface area contributed by atoms with Gasteiger partial charge >= 0.3 is 0 Å². The van der Waals surface area contributed by atoms with Gasteiger partial charge in [-0.1, -0.05) is 53.0 Å². The van der Waals surface area contributed by atoms with E-state index < -0.39 is 29.2 Å². The van der Waals surface area contributed by atoms with E-state index in [2.05, 4.69) is 0 Å². The molecule has 4 nitrogen and oxygen atoms in total. The highest BCUT2D eigenvalue weighted by molar-refractivity contribution is 6.36. The van der Waals surface area contributed by atoms with Gasteiger partial charge in [-0.2, -0.15) is 0 Å². The van der Waals surface area contributed by atoms with Crippen LogP contribution in [0.5, 0.6) is 0 Å². The van der Waals surface area contributed by atoms with Gasteiger partial charge in [0.2, 0.25) is 0 Å². The van der Waals surface area contributed by atoms with E-state index in [1.54, 1.807) is 30.3 Å². The molecule has 0 saturated carbocycles. The number of anilines is 1. The van der Waals surface area contributed by atoms with E-state index in [4.69, 9.17) is 34.8 Å². The molecule has 1 N–H and O–H groups in total. The molecular formula is C24H19Cl3F2N2O2. The SMILES string of the molecule is O=C(C(O)c1c(F)cccc1F)N1CCN(c2ccc(Cl)cc2Cl)[C@H](c2ccc(Cl)cc2)C1. The summed E-state index contributed by atoms with van der Waals surface area (Å²) in [6.07, 6.45) is -1.96. The van der Waals surface area contributed by atoms with E-state index in [9.17, 15) is 18.7 Å². The van der Waals surface area contributed by atoms with Crippen molar-refractivity contribution in [2.45, 2.75) is 12.1 Å². The topological polar surface area (TPSA) is 43.8 Å². The largest absolute Gasteiger partial charge is 0.378 e. The van der Waals surface area contributed by atoms with Crippen LogP contribution in [0.2, 0.25) is 15.1 Å². The van der Waals surface area contributed by atoms with Crippen molar-refractivity contribution in [2.75, 3.05) is 24.5 Å². The molecule has 0 aromatic heterocycles. The van der Waals surface area contributed by atoms with Crippen LogP contribution in [0.3, 0.4) is 0 Å². The van der Waals surface area contributed by atoms with Crippen LogP contribution in [0.4, 0.5) is 14.5 Å². The molecule has 0 radical (unpaired) electrons. The maximum absolute atomic E-state index is 14.2. The van der Waals surface area contributed by atoms with Crippen LogP contribution in [0, 0.1) is 11.6 Å². The lowest BCUT2D eigenvalue weighted by atomic mass is 9.99. The molecule has 9 heteroatoms. The van der Waals surface area contributed by atoms with Crippen LogP contribution in [-0.4, -0.2) is 35.5 Å². The molecule has 1 heterocycles. The molecule has 1 saturated heterocycles. The van der Waals surface area contributed by atoms with Gasteiger partial charge in [-0.15, -0.1) is 0 Å². The van der Waals surface area contributed by atoms with Crippen molar-refractivity contribution >= 4 is 46.4 Å². The first-order valence-corrected chi connectivity index (χ1v) is 11.3. The first-order chi connectivity index (χ1) is 15.8. The fourth-order valence-electron chi connectivity index (χ4n) is 4.02. The van der Waals surface area contributed by atoms with Crippen molar-refractivity contribution < 1.29 is 18.7 Å². The Morgan fingerprint density at radius 3 is 2.21 bits per heavy atom. The van der Waals surface area contributed by atoms with E-state index in [1.165, 1.54) is 11.0 Å². The number of benzene rings is 3. The number of nitrogens with zero attached hydrogens (tertiary/aromatic N) is 2. The molecule has 1 amide bonds. The third kappa shape index (κ3) is 4.94. The van der Waals surface area contributed by atoms with Crippen LogP contribution >= 0.6 is 34.8 Å². The number of hydrogen-bond acceptors (Lipinski definition) is 3. The lowest BCUT2D eigenvalue weighted by Crippen LogP contribution is -2.52. The van der Waals surface area contributed by atoms with Crippen LogP contribution in [0.1, 0.15) is 23.3 Å². The van der Waals surface area contributed by atoms with Gasteiger partial charge < -0.3 is 14.9 Å². The average molecular weight is 512 g/mol. The lowest BCUT2D eigenvalue weighted by Gasteiger charge is -2.44. The normalized spacial score (nSPS) is 17.2. The summed E-state index contributed by atoms with van der Waals surface area (Å²) in [6.45, 7) is 0.744. The van der Waals surface area contributed by atoms with Crippen molar-refractivity contribution in [3.05, 3.63) is 98.5 Å². The van der Waals surface area contributed by atoms with Gasteiger partial charge in [-0.3, -0.25) is 4.79 Å². The molecule has 3 aromatic carbocycles. The molecule has 33 heavy (non-hydrogen) atoms. The third-order valence-electron chi connectivity index (χ3n) is 5.67. The summed E-state index contributed by atoms with van der Waals surface area (Å²) in [5.74, 6) is -2.73. The second-order valence-electron chi connectivity index (χ2n) is 7.68. The van der Waals surface area contributed by atoms with E-state index in [1.807, 2.05) is 17.0 Å². The van der Waals surface area contributed by atoms with E-state index >= 15 is 0 Å². The summed E-state index contributed by atoms with van der Waals surface area (Å²) in [4.78, 5) is 16.5. The Morgan fingerprint density at radius 1 is 0.939 bits per heavy atom. The van der Waals surface area contributed by atoms with Crippen molar-refractivity contribution in [1.82, 2.24) is 4.90 Å². The minimum absolute atomic E-state index is 0.159. The lowest BCUT2D eigenvalue weighted by molar-refractivity contribution is -0.141. The van der Waals surface area contributed by atoms with Gasteiger partial charge in [0, 0.05) is 29.7 Å². The zero-order valence-electron chi connectivity index (χ0n) is 17.2. The first kappa shape index (κ1) is 23.8. The Morgan fingerprint density at radius 2 is 1.58 bits per heavy atom. The number of aliphatic hydroxyl groups is 1. The van der Waals surface area contributed by atoms with E-state index in [-0.39, 0.29) is 19.1 Å². The molecule has 1 aliphatic heterocycles. The highest BCUT2D eigenvalue weighted by atomic mass is 35.5. The van der Waals surface area contributed by atoms with Gasteiger partial charge in [0.1, 0.15) is 11.6 Å². The fourth-order valence-corrected chi connectivity index (χ4v) is 4.67. The summed E-state index contributed by atoms with van der Waals surface area (Å²) in [7, 11) is 0. The highest BCUT2D eigenvalue weighted by Crippen LogP contribution is 2.37. The number of rotatable bonds is 4. The van der Waals surface area contributed by atoms with Crippen LogP contribution in [0.15, 0.2) is 60.7 Å². The molecule has 4 rings (SSSR count). The van der Waals surface area contributed by atoms with Gasteiger partial charge in [-0.05, 0) is 48.0 Å². The Hall–Kier alpha value is -2.38. The summed E-state index contributed by atoms with van der Waals surface area (Å²) in [5, 5.41) is 12.0. The van der Waals surface area contributed by atoms with Gasteiger partial charge in [0.25, 0.3) is 5.91 Å². The van der Waals surface area contributed by atoms with Gasteiger partial charge in [0.05, 0.1) is 22.3 Å². The molecule has 1 aliphatic rings. The summed E-state index contributed by atoms with van der Waals surface area (Å²) >= 11 is 18.6. The summed E-state index contributed by atoms with van der Waals surface area (Å²) in [5.41, 5.74) is 0.928. The number of hydrogen-bond donors (Lipinski definition) is 1. The van der Waals surface area contributed by atoms with Gasteiger partial charge in [-0.25, -0.2) is 8.78 Å². The second-order valence-corrected chi connectivity index (χ2v) is 8.96. The van der Waals surface area contributed by atoms with Crippen LogP contribution in [-0.2, 0) is 4.79 Å². The number of aliphatic hydroxyl groups excluding tert-OH is 1. The maximum Gasteiger partial charge on any atom is 0.256 e. The molecule has 172 valence electrons. The molecule has 0 aliphatic carbocycles. The van der Waals surface area contributed by atoms with Crippen molar-refractivity contribution in [3.8, 4) is 0 Å². The first-order valence-electron chi connectivity index (χ1n) is 10.1. The third-order valence-corrected chi connectivity index (χ3v) is 6.46. The minimum atomic E-state index is -1.96. The molecule has 0 bridgehead atoms. The predicted octanol–water partition coefficient (Wildman–Crippen LogP) is 6.05. The quantitative estimate of drug-likeness (QED) is 0.464. The zero-order chi connectivity index (χ0) is 23.7.